The first-order chi connectivity index (χ1) is 9.66. The monoisotopic (exact) mass is 262 g/mol. The van der Waals surface area contributed by atoms with E-state index in [4.69, 9.17) is 0 Å². The summed E-state index contributed by atoms with van der Waals surface area (Å²) in [5.74, 6) is 0.149. The number of nitrogens with zero attached hydrogens (tertiary/aromatic N) is 2. The highest BCUT2D eigenvalue weighted by atomic mass is 16.2. The van der Waals surface area contributed by atoms with Gasteiger partial charge in [0.15, 0.2) is 5.82 Å². The van der Waals surface area contributed by atoms with Gasteiger partial charge in [-0.2, -0.15) is 0 Å². The van der Waals surface area contributed by atoms with Crippen LogP contribution >= 0.6 is 0 Å². The number of para-hydroxylation sites is 1. The van der Waals surface area contributed by atoms with Gasteiger partial charge in [0, 0.05) is 5.56 Å². The second-order valence-electron chi connectivity index (χ2n) is 4.95. The molecule has 2 aromatic carbocycles. The minimum atomic E-state index is -0.301. The van der Waals surface area contributed by atoms with Crippen LogP contribution in [0.2, 0.25) is 0 Å². The van der Waals surface area contributed by atoms with E-state index < -0.39 is 0 Å². The van der Waals surface area contributed by atoms with E-state index in [0.717, 1.165) is 11.1 Å². The van der Waals surface area contributed by atoms with Crippen LogP contribution in [-0.2, 0) is 0 Å². The summed E-state index contributed by atoms with van der Waals surface area (Å²) in [6, 6.07) is 12.7. The van der Waals surface area contributed by atoms with Crippen LogP contribution in [0.15, 0.2) is 47.3 Å². The maximum Gasteiger partial charge on any atom is 0.268 e. The van der Waals surface area contributed by atoms with Crippen LogP contribution in [0.1, 0.15) is 15.9 Å². The summed E-state index contributed by atoms with van der Waals surface area (Å²) in [5.41, 5.74) is 2.57. The van der Waals surface area contributed by atoms with E-state index in [9.17, 15) is 9.59 Å². The van der Waals surface area contributed by atoms with Crippen molar-refractivity contribution in [3.63, 3.8) is 0 Å². The van der Waals surface area contributed by atoms with Gasteiger partial charge in [0.25, 0.3) is 11.5 Å². The highest BCUT2D eigenvalue weighted by Gasteiger charge is 2.29. The van der Waals surface area contributed by atoms with Gasteiger partial charge in [0.1, 0.15) is 0 Å². The Labute approximate surface area is 114 Å². The van der Waals surface area contributed by atoms with Crippen LogP contribution in [0, 0.1) is 6.92 Å². The zero-order chi connectivity index (χ0) is 13.9. The Hall–Kier alpha value is -2.75. The van der Waals surface area contributed by atoms with Crippen molar-refractivity contribution in [2.24, 2.45) is 0 Å². The van der Waals surface area contributed by atoms with Gasteiger partial charge in [-0.1, -0.05) is 29.8 Å². The third-order valence-corrected chi connectivity index (χ3v) is 3.63. The first kappa shape index (κ1) is 11.1. The van der Waals surface area contributed by atoms with Crippen molar-refractivity contribution in [3.8, 4) is 11.4 Å². The molecule has 0 bridgehead atoms. The van der Waals surface area contributed by atoms with Crippen LogP contribution in [0.25, 0.3) is 22.3 Å². The number of hydrogen-bond acceptors (Lipinski definition) is 3. The minimum Gasteiger partial charge on any atom is -0.268 e. The predicted octanol–water partition coefficient (Wildman–Crippen LogP) is 2.37. The van der Waals surface area contributed by atoms with Crippen molar-refractivity contribution in [1.82, 2.24) is 9.55 Å². The van der Waals surface area contributed by atoms with Gasteiger partial charge in [-0.3, -0.25) is 9.59 Å². The SMILES string of the molecule is Cc1ccc2c(c1)C(=O)n1c-2nc2ccccc2c1=O. The molecule has 4 rings (SSSR count). The lowest BCUT2D eigenvalue weighted by molar-refractivity contribution is 0.0965. The Kier molecular flexibility index (Phi) is 2.02. The molecule has 4 heteroatoms. The molecule has 0 aliphatic carbocycles. The third kappa shape index (κ3) is 1.28. The van der Waals surface area contributed by atoms with Gasteiger partial charge in [-0.05, 0) is 25.1 Å². The third-order valence-electron chi connectivity index (χ3n) is 3.63. The summed E-state index contributed by atoms with van der Waals surface area (Å²) in [5, 5.41) is 0.467. The lowest BCUT2D eigenvalue weighted by Gasteiger charge is -2.03. The largest absolute Gasteiger partial charge is 0.268 e. The second-order valence-corrected chi connectivity index (χ2v) is 4.95. The number of fused-ring (bicyclic) bond motifs is 4. The number of hydrogen-bond donors (Lipinski definition) is 0. The summed E-state index contributed by atoms with van der Waals surface area (Å²) in [7, 11) is 0. The zero-order valence-corrected chi connectivity index (χ0v) is 10.8. The van der Waals surface area contributed by atoms with E-state index >= 15 is 0 Å². The van der Waals surface area contributed by atoms with Crippen LogP contribution in [0.4, 0.5) is 0 Å². The lowest BCUT2D eigenvalue weighted by Crippen LogP contribution is -2.25. The molecule has 20 heavy (non-hydrogen) atoms. The molecule has 0 saturated carbocycles. The van der Waals surface area contributed by atoms with E-state index in [1.807, 2.05) is 25.1 Å². The maximum absolute atomic E-state index is 12.5. The van der Waals surface area contributed by atoms with Crippen molar-refractivity contribution >= 4 is 16.8 Å². The average molecular weight is 262 g/mol. The number of rotatable bonds is 0. The van der Waals surface area contributed by atoms with Crippen molar-refractivity contribution in [3.05, 3.63) is 63.9 Å². The summed E-state index contributed by atoms with van der Waals surface area (Å²) >= 11 is 0. The van der Waals surface area contributed by atoms with Crippen LogP contribution < -0.4 is 5.56 Å². The topological polar surface area (TPSA) is 52.0 Å². The van der Waals surface area contributed by atoms with Crippen molar-refractivity contribution in [1.29, 1.82) is 0 Å². The molecular weight excluding hydrogens is 252 g/mol. The number of aryl methyl sites for hydroxylation is 1. The predicted molar refractivity (Wildman–Crippen MR) is 75.9 cm³/mol. The Bertz CT molecular complexity index is 954. The van der Waals surface area contributed by atoms with E-state index in [-0.39, 0.29) is 11.5 Å². The molecule has 96 valence electrons. The van der Waals surface area contributed by atoms with Gasteiger partial charge >= 0.3 is 0 Å². The summed E-state index contributed by atoms with van der Waals surface area (Å²) in [6.45, 7) is 1.92. The Morgan fingerprint density at radius 3 is 2.65 bits per heavy atom. The Morgan fingerprint density at radius 1 is 1.00 bits per heavy atom. The number of carbonyl (C=O) groups is 1. The molecule has 1 aliphatic rings. The number of carbonyl (C=O) groups excluding carboxylic acids is 1. The molecule has 0 amide bonds. The maximum atomic E-state index is 12.5. The van der Waals surface area contributed by atoms with Gasteiger partial charge < -0.3 is 0 Å². The fraction of sp³-hybridized carbons (Fsp3) is 0.0625. The highest BCUT2D eigenvalue weighted by molar-refractivity contribution is 6.09. The average Bonchev–Trinajstić information content (AvgIpc) is 2.72. The quantitative estimate of drug-likeness (QED) is 0.489. The van der Waals surface area contributed by atoms with E-state index in [2.05, 4.69) is 4.98 Å². The summed E-state index contributed by atoms with van der Waals surface area (Å²) < 4.78 is 1.17. The molecule has 1 aromatic heterocycles. The summed E-state index contributed by atoms with van der Waals surface area (Å²) in [4.78, 5) is 29.4. The molecule has 2 heterocycles. The van der Waals surface area contributed by atoms with Gasteiger partial charge in [-0.15, -0.1) is 0 Å². The molecule has 0 saturated heterocycles. The van der Waals surface area contributed by atoms with Crippen molar-refractivity contribution in [2.45, 2.75) is 6.92 Å². The first-order valence-electron chi connectivity index (χ1n) is 6.34. The summed E-state index contributed by atoms with van der Waals surface area (Å²) in [6.07, 6.45) is 0. The molecule has 0 unspecified atom stereocenters. The second kappa shape index (κ2) is 3.63. The highest BCUT2D eigenvalue weighted by Crippen LogP contribution is 2.30. The Morgan fingerprint density at radius 2 is 1.80 bits per heavy atom. The molecule has 0 N–H and O–H groups in total. The van der Waals surface area contributed by atoms with E-state index in [0.29, 0.717) is 22.3 Å². The zero-order valence-electron chi connectivity index (χ0n) is 10.8. The van der Waals surface area contributed by atoms with Crippen LogP contribution in [0.3, 0.4) is 0 Å². The normalized spacial score (nSPS) is 12.6. The molecule has 3 aromatic rings. The van der Waals surface area contributed by atoms with Gasteiger partial charge in [0.05, 0.1) is 16.5 Å². The fourth-order valence-electron chi connectivity index (χ4n) is 2.65. The van der Waals surface area contributed by atoms with Crippen LogP contribution in [-0.4, -0.2) is 15.5 Å². The van der Waals surface area contributed by atoms with E-state index in [1.54, 1.807) is 24.3 Å². The minimum absolute atomic E-state index is 0.290. The molecule has 1 aliphatic heterocycles. The lowest BCUT2D eigenvalue weighted by atomic mass is 10.1. The van der Waals surface area contributed by atoms with Gasteiger partial charge in [0.2, 0.25) is 0 Å². The molecule has 0 atom stereocenters. The fourth-order valence-corrected chi connectivity index (χ4v) is 2.65. The first-order valence-corrected chi connectivity index (χ1v) is 6.34. The standard InChI is InChI=1S/C16H10N2O2/c1-9-6-7-10-12(8-9)16(20)18-14(10)17-13-5-3-2-4-11(13)15(18)19/h2-8H,1H3. The number of aromatic nitrogens is 2. The molecule has 0 spiro atoms. The molecule has 4 nitrogen and oxygen atoms in total. The number of benzene rings is 2. The van der Waals surface area contributed by atoms with E-state index in [1.165, 1.54) is 4.57 Å². The smallest absolute Gasteiger partial charge is 0.268 e. The van der Waals surface area contributed by atoms with Crippen LogP contribution in [0.5, 0.6) is 0 Å². The van der Waals surface area contributed by atoms with Crippen molar-refractivity contribution in [2.75, 3.05) is 0 Å². The van der Waals surface area contributed by atoms with Gasteiger partial charge in [-0.25, -0.2) is 9.55 Å². The Balaban J connectivity index is 2.19. The molecular formula is C16H10N2O2. The molecule has 0 fully saturated rings. The molecule has 0 radical (unpaired) electrons. The van der Waals surface area contributed by atoms with Crippen molar-refractivity contribution < 1.29 is 4.79 Å².